The van der Waals surface area contributed by atoms with Gasteiger partial charge in [-0.2, -0.15) is 13.2 Å². The fraction of sp³-hybridized carbons (Fsp3) is 0.303. The van der Waals surface area contributed by atoms with Crippen molar-refractivity contribution in [2.75, 3.05) is 31.5 Å². The second kappa shape index (κ2) is 11.8. The molecule has 1 saturated heterocycles. The number of hydrogen-bond acceptors (Lipinski definition) is 5. The van der Waals surface area contributed by atoms with E-state index < -0.39 is 17.3 Å². The molecule has 0 atom stereocenters. The summed E-state index contributed by atoms with van der Waals surface area (Å²) in [7, 11) is 0. The number of nitrogens with zero attached hydrogens (tertiary/aromatic N) is 4. The van der Waals surface area contributed by atoms with Gasteiger partial charge in [-0.15, -0.1) is 0 Å². The van der Waals surface area contributed by atoms with Crippen LogP contribution in [0.5, 0.6) is 0 Å². The molecule has 0 bridgehead atoms. The van der Waals surface area contributed by atoms with Crippen LogP contribution in [-0.4, -0.2) is 46.8 Å². The van der Waals surface area contributed by atoms with E-state index in [2.05, 4.69) is 38.4 Å². The van der Waals surface area contributed by atoms with Crippen molar-refractivity contribution in [3.63, 3.8) is 0 Å². The Morgan fingerprint density at radius 1 is 0.952 bits per heavy atom. The first kappa shape index (κ1) is 27.8. The van der Waals surface area contributed by atoms with Gasteiger partial charge in [-0.3, -0.25) is 19.3 Å². The highest BCUT2D eigenvalue weighted by molar-refractivity contribution is 5.95. The first-order chi connectivity index (χ1) is 20.4. The van der Waals surface area contributed by atoms with Crippen LogP contribution in [0.3, 0.4) is 0 Å². The molecule has 1 N–H and O–H groups in total. The molecule has 6 nitrogen and oxygen atoms in total. The number of likely N-dealkylation sites (tertiary alicyclic amines) is 1. The molecule has 0 saturated carbocycles. The van der Waals surface area contributed by atoms with Gasteiger partial charge >= 0.3 is 6.18 Å². The van der Waals surface area contributed by atoms with Gasteiger partial charge in [0.2, 0.25) is 0 Å². The third kappa shape index (κ3) is 5.82. The van der Waals surface area contributed by atoms with E-state index in [-0.39, 0.29) is 5.69 Å². The monoisotopic (exact) mass is 571 g/mol. The van der Waals surface area contributed by atoms with Crippen LogP contribution in [0.4, 0.5) is 18.9 Å². The smallest absolute Gasteiger partial charge is 0.382 e. The average molecular weight is 572 g/mol. The van der Waals surface area contributed by atoms with Crippen molar-refractivity contribution < 1.29 is 13.2 Å². The summed E-state index contributed by atoms with van der Waals surface area (Å²) in [6, 6.07) is 7.87. The Hall–Kier alpha value is -4.40. The second-order valence-electron chi connectivity index (χ2n) is 10.7. The number of anilines is 1. The van der Waals surface area contributed by atoms with Crippen LogP contribution in [0.25, 0.3) is 22.7 Å². The average Bonchev–Trinajstić information content (AvgIpc) is 3.56. The number of alkyl halides is 3. The number of aliphatic imine (C=N–C) groups is 1. The molecule has 0 spiro atoms. The molecule has 5 heterocycles. The summed E-state index contributed by atoms with van der Waals surface area (Å²) in [6.07, 6.45) is 14.6. The van der Waals surface area contributed by atoms with Gasteiger partial charge < -0.3 is 10.2 Å². The van der Waals surface area contributed by atoms with E-state index in [9.17, 15) is 18.0 Å². The minimum atomic E-state index is -4.53. The lowest BCUT2D eigenvalue weighted by Gasteiger charge is -2.18. The molecule has 3 aliphatic heterocycles. The minimum Gasteiger partial charge on any atom is -0.382 e. The standard InChI is InChI=1S/C33H32F3N5O/c34-33(35,36)26-7-3-8-28(20-26)41-30(42)15-12-25-22-39-29-14-11-23(6-4-17-38-31(29)32(25)41)24-10-13-27(9-5-16-37-21-24)40-18-1-2-19-40/h3,7-15,20-22,38H,1-2,4-6,16-19H2/b13-10?,14-11?,24-23?,27-9-,37-21?. The van der Waals surface area contributed by atoms with Crippen LogP contribution in [0.15, 0.2) is 93.5 Å². The number of allylic oxidation sites excluding steroid dienone is 5. The highest BCUT2D eigenvalue weighted by atomic mass is 19.4. The quantitative estimate of drug-likeness (QED) is 0.362. The first-order valence-electron chi connectivity index (χ1n) is 14.4. The van der Waals surface area contributed by atoms with Crippen LogP contribution in [0.2, 0.25) is 0 Å². The Labute approximate surface area is 242 Å². The van der Waals surface area contributed by atoms with Gasteiger partial charge in [-0.1, -0.05) is 24.3 Å². The van der Waals surface area contributed by atoms with Gasteiger partial charge in [0, 0.05) is 61.4 Å². The van der Waals surface area contributed by atoms with Gasteiger partial charge in [0.25, 0.3) is 5.56 Å². The molecular weight excluding hydrogens is 539 g/mol. The number of pyridine rings is 2. The van der Waals surface area contributed by atoms with E-state index in [4.69, 9.17) is 0 Å². The normalized spacial score (nSPS) is 20.9. The molecule has 216 valence electrons. The Bertz CT molecular complexity index is 1700. The number of fused-ring (bicyclic) bond motifs is 3. The predicted molar refractivity (Wildman–Crippen MR) is 162 cm³/mol. The van der Waals surface area contributed by atoms with E-state index in [0.29, 0.717) is 28.8 Å². The topological polar surface area (TPSA) is 62.5 Å². The number of nitrogens with one attached hydrogen (secondary N) is 1. The number of benzene rings is 1. The molecule has 0 radical (unpaired) electrons. The zero-order valence-electron chi connectivity index (χ0n) is 23.2. The zero-order chi connectivity index (χ0) is 29.1. The summed E-state index contributed by atoms with van der Waals surface area (Å²) in [5.74, 6) is 0. The van der Waals surface area contributed by atoms with Gasteiger partial charge in [0.1, 0.15) is 0 Å². The summed E-state index contributed by atoms with van der Waals surface area (Å²) >= 11 is 0. The lowest BCUT2D eigenvalue weighted by Crippen LogP contribution is -2.20. The summed E-state index contributed by atoms with van der Waals surface area (Å²) in [5, 5.41) is 4.09. The maximum absolute atomic E-state index is 13.5. The lowest BCUT2D eigenvalue weighted by molar-refractivity contribution is -0.137. The van der Waals surface area contributed by atoms with E-state index in [1.54, 1.807) is 12.3 Å². The van der Waals surface area contributed by atoms with E-state index in [1.165, 1.54) is 41.3 Å². The molecule has 3 aliphatic rings. The van der Waals surface area contributed by atoms with Crippen molar-refractivity contribution in [1.82, 2.24) is 14.5 Å². The number of aromatic nitrogens is 2. The SMILES string of the molecule is O=c1ccc2cnc3c(c2n1-c1cccc(C(F)(F)F)c1)NCCCC(=C1C=C/C(N2CCCC2)=C/CCN=C1)C=C3. The minimum absolute atomic E-state index is 0.149. The fourth-order valence-electron chi connectivity index (χ4n) is 5.75. The third-order valence-electron chi connectivity index (χ3n) is 7.87. The van der Waals surface area contributed by atoms with Crippen molar-refractivity contribution in [3.8, 4) is 5.69 Å². The zero-order valence-corrected chi connectivity index (χ0v) is 23.2. The van der Waals surface area contributed by atoms with Crippen molar-refractivity contribution in [2.24, 2.45) is 4.99 Å². The lowest BCUT2D eigenvalue weighted by atomic mass is 10.0. The summed E-state index contributed by atoms with van der Waals surface area (Å²) in [6.45, 7) is 3.48. The summed E-state index contributed by atoms with van der Waals surface area (Å²) < 4.78 is 41.9. The Morgan fingerprint density at radius 3 is 2.64 bits per heavy atom. The van der Waals surface area contributed by atoms with Crippen LogP contribution in [-0.2, 0) is 6.18 Å². The molecule has 2 aromatic heterocycles. The molecule has 1 aromatic carbocycles. The van der Waals surface area contributed by atoms with Crippen LogP contribution in [0, 0.1) is 0 Å². The van der Waals surface area contributed by atoms with Gasteiger partial charge in [-0.25, -0.2) is 0 Å². The third-order valence-corrected chi connectivity index (χ3v) is 7.87. The molecule has 0 unspecified atom stereocenters. The Kier molecular flexibility index (Phi) is 7.82. The number of hydrogen-bond donors (Lipinski definition) is 1. The molecular formula is C33H32F3N5O. The maximum atomic E-state index is 13.5. The molecule has 6 rings (SSSR count). The Balaban J connectivity index is 1.44. The van der Waals surface area contributed by atoms with Crippen LogP contribution in [0.1, 0.15) is 43.4 Å². The van der Waals surface area contributed by atoms with Gasteiger partial charge in [0.15, 0.2) is 0 Å². The highest BCUT2D eigenvalue weighted by Crippen LogP contribution is 2.33. The molecule has 3 aromatic rings. The largest absolute Gasteiger partial charge is 0.416 e. The maximum Gasteiger partial charge on any atom is 0.416 e. The van der Waals surface area contributed by atoms with E-state index >= 15 is 0 Å². The molecule has 0 aliphatic carbocycles. The van der Waals surface area contributed by atoms with Crippen LogP contribution < -0.4 is 10.9 Å². The number of rotatable bonds is 2. The molecule has 1 fully saturated rings. The highest BCUT2D eigenvalue weighted by Gasteiger charge is 2.31. The first-order valence-corrected chi connectivity index (χ1v) is 14.4. The van der Waals surface area contributed by atoms with Crippen molar-refractivity contribution >= 4 is 28.9 Å². The number of halogens is 3. The summed E-state index contributed by atoms with van der Waals surface area (Å²) in [5.41, 5.74) is 4.05. The predicted octanol–water partition coefficient (Wildman–Crippen LogP) is 6.93. The molecule has 9 heteroatoms. The fourth-order valence-corrected chi connectivity index (χ4v) is 5.75. The van der Waals surface area contributed by atoms with Gasteiger partial charge in [-0.05, 0) is 79.7 Å². The van der Waals surface area contributed by atoms with E-state index in [0.717, 1.165) is 62.2 Å². The van der Waals surface area contributed by atoms with Gasteiger partial charge in [0.05, 0.1) is 22.5 Å². The van der Waals surface area contributed by atoms with Crippen molar-refractivity contribution in [2.45, 2.75) is 38.3 Å². The van der Waals surface area contributed by atoms with Crippen LogP contribution >= 0.6 is 0 Å². The Morgan fingerprint density at radius 2 is 1.81 bits per heavy atom. The molecule has 0 amide bonds. The van der Waals surface area contributed by atoms with E-state index in [1.807, 2.05) is 18.4 Å². The second-order valence-corrected chi connectivity index (χ2v) is 10.7. The summed E-state index contributed by atoms with van der Waals surface area (Å²) in [4.78, 5) is 24.9. The molecule has 42 heavy (non-hydrogen) atoms. The van der Waals surface area contributed by atoms with Crippen molar-refractivity contribution in [3.05, 3.63) is 105 Å². The van der Waals surface area contributed by atoms with Crippen molar-refractivity contribution in [1.29, 1.82) is 0 Å².